The molecule has 1 heterocycles. The molecule has 0 saturated carbocycles. The first-order valence-corrected chi connectivity index (χ1v) is 8.05. The Hall–Kier alpha value is -0.620. The van der Waals surface area contributed by atoms with Crippen molar-refractivity contribution in [1.29, 1.82) is 0 Å². The summed E-state index contributed by atoms with van der Waals surface area (Å²) in [5, 5.41) is 3.00. The van der Waals surface area contributed by atoms with E-state index < -0.39 is 0 Å². The van der Waals surface area contributed by atoms with E-state index in [-0.39, 0.29) is 11.9 Å². The third-order valence-corrected chi connectivity index (χ3v) is 4.40. The topological polar surface area (TPSA) is 32.3 Å². The van der Waals surface area contributed by atoms with E-state index in [9.17, 15) is 4.79 Å². The van der Waals surface area contributed by atoms with Crippen molar-refractivity contribution in [2.75, 3.05) is 18.4 Å². The summed E-state index contributed by atoms with van der Waals surface area (Å²) in [6, 6.07) is 7.88. The van der Waals surface area contributed by atoms with E-state index in [2.05, 4.69) is 32.8 Å². The third kappa shape index (κ3) is 4.45. The first-order chi connectivity index (χ1) is 9.16. The van der Waals surface area contributed by atoms with Gasteiger partial charge in [0.15, 0.2) is 0 Å². The molecule has 0 bridgehead atoms. The summed E-state index contributed by atoms with van der Waals surface area (Å²) in [5.41, 5.74) is 0.882. The molecule has 1 aliphatic heterocycles. The lowest BCUT2D eigenvalue weighted by Crippen LogP contribution is -2.42. The molecule has 1 aromatic rings. The van der Waals surface area contributed by atoms with Gasteiger partial charge in [0, 0.05) is 9.26 Å². The quantitative estimate of drug-likeness (QED) is 0.824. The van der Waals surface area contributed by atoms with Crippen LogP contribution >= 0.6 is 22.6 Å². The zero-order chi connectivity index (χ0) is 13.7. The van der Waals surface area contributed by atoms with Gasteiger partial charge in [-0.1, -0.05) is 12.8 Å². The Kier molecular flexibility index (Phi) is 5.63. The van der Waals surface area contributed by atoms with Gasteiger partial charge in [-0.05, 0) is 79.7 Å². The molecule has 1 unspecified atom stereocenters. The van der Waals surface area contributed by atoms with Gasteiger partial charge in [0.05, 0.1) is 6.04 Å². The number of anilines is 1. The first-order valence-electron chi connectivity index (χ1n) is 6.97. The van der Waals surface area contributed by atoms with E-state index in [1.807, 2.05) is 31.2 Å². The van der Waals surface area contributed by atoms with Crippen LogP contribution in [0.5, 0.6) is 0 Å². The van der Waals surface area contributed by atoms with E-state index in [0.29, 0.717) is 0 Å². The van der Waals surface area contributed by atoms with Crippen LogP contribution in [0.4, 0.5) is 5.69 Å². The average molecular weight is 372 g/mol. The second kappa shape index (κ2) is 7.24. The number of benzene rings is 1. The minimum atomic E-state index is -0.0441. The molecule has 1 fully saturated rings. The summed E-state index contributed by atoms with van der Waals surface area (Å²) < 4.78 is 1.18. The normalized spacial score (nSPS) is 18.6. The monoisotopic (exact) mass is 372 g/mol. The Morgan fingerprint density at radius 1 is 1.16 bits per heavy atom. The number of amides is 1. The number of carbonyl (C=O) groups is 1. The second-order valence-electron chi connectivity index (χ2n) is 5.12. The number of carbonyl (C=O) groups excluding carboxylic acids is 1. The average Bonchev–Trinajstić information content (AvgIpc) is 2.69. The summed E-state index contributed by atoms with van der Waals surface area (Å²) in [6.45, 7) is 4.09. The molecule has 3 nitrogen and oxygen atoms in total. The first kappa shape index (κ1) is 14.8. The minimum absolute atomic E-state index is 0.0441. The van der Waals surface area contributed by atoms with Crippen molar-refractivity contribution in [3.63, 3.8) is 0 Å². The Morgan fingerprint density at radius 2 is 1.74 bits per heavy atom. The highest BCUT2D eigenvalue weighted by atomic mass is 127. The Bertz CT molecular complexity index is 411. The number of likely N-dealkylation sites (tertiary alicyclic amines) is 1. The zero-order valence-electron chi connectivity index (χ0n) is 11.4. The van der Waals surface area contributed by atoms with E-state index in [1.165, 1.54) is 29.3 Å². The highest BCUT2D eigenvalue weighted by Gasteiger charge is 2.21. The lowest BCUT2D eigenvalue weighted by atomic mass is 10.2. The van der Waals surface area contributed by atoms with Gasteiger partial charge in [0.1, 0.15) is 0 Å². The molecule has 0 spiro atoms. The van der Waals surface area contributed by atoms with Crippen molar-refractivity contribution in [2.24, 2.45) is 0 Å². The van der Waals surface area contributed by atoms with E-state index in [4.69, 9.17) is 0 Å². The van der Waals surface area contributed by atoms with Gasteiger partial charge >= 0.3 is 0 Å². The van der Waals surface area contributed by atoms with Crippen molar-refractivity contribution in [2.45, 2.75) is 38.6 Å². The fraction of sp³-hybridized carbons (Fsp3) is 0.533. The molecule has 1 amide bonds. The molecule has 19 heavy (non-hydrogen) atoms. The highest BCUT2D eigenvalue weighted by molar-refractivity contribution is 14.1. The lowest BCUT2D eigenvalue weighted by molar-refractivity contribution is -0.120. The summed E-state index contributed by atoms with van der Waals surface area (Å²) >= 11 is 2.26. The number of hydrogen-bond donors (Lipinski definition) is 1. The van der Waals surface area contributed by atoms with Gasteiger partial charge in [0.25, 0.3) is 0 Å². The summed E-state index contributed by atoms with van der Waals surface area (Å²) in [4.78, 5) is 14.6. The van der Waals surface area contributed by atoms with Crippen LogP contribution in [0.25, 0.3) is 0 Å². The fourth-order valence-corrected chi connectivity index (χ4v) is 2.79. The number of hydrogen-bond acceptors (Lipinski definition) is 2. The van der Waals surface area contributed by atoms with Crippen LogP contribution in [0.3, 0.4) is 0 Å². The van der Waals surface area contributed by atoms with Crippen molar-refractivity contribution >= 4 is 34.2 Å². The Labute approximate surface area is 128 Å². The fourth-order valence-electron chi connectivity index (χ4n) is 2.43. The standard InChI is InChI=1S/C15H21IN2O/c1-12(18-10-4-2-3-5-11-18)15(19)17-14-8-6-13(16)7-9-14/h6-9,12H,2-5,10-11H2,1H3,(H,17,19). The van der Waals surface area contributed by atoms with Gasteiger partial charge in [0.2, 0.25) is 5.91 Å². The maximum Gasteiger partial charge on any atom is 0.241 e. The van der Waals surface area contributed by atoms with Crippen LogP contribution in [0.2, 0.25) is 0 Å². The molecule has 2 rings (SSSR count). The molecule has 1 saturated heterocycles. The highest BCUT2D eigenvalue weighted by Crippen LogP contribution is 2.15. The molecule has 4 heteroatoms. The predicted molar refractivity (Wildman–Crippen MR) is 87.3 cm³/mol. The van der Waals surface area contributed by atoms with Crippen molar-refractivity contribution in [1.82, 2.24) is 4.90 Å². The number of nitrogens with one attached hydrogen (secondary N) is 1. The van der Waals surface area contributed by atoms with Gasteiger partial charge in [-0.3, -0.25) is 9.69 Å². The van der Waals surface area contributed by atoms with Crippen molar-refractivity contribution < 1.29 is 4.79 Å². The van der Waals surface area contributed by atoms with Gasteiger partial charge < -0.3 is 5.32 Å². The second-order valence-corrected chi connectivity index (χ2v) is 6.37. The third-order valence-electron chi connectivity index (χ3n) is 3.68. The van der Waals surface area contributed by atoms with Crippen molar-refractivity contribution in [3.05, 3.63) is 27.8 Å². The molecule has 1 aliphatic rings. The SMILES string of the molecule is CC(C(=O)Nc1ccc(I)cc1)N1CCCCCC1. The molecular weight excluding hydrogens is 351 g/mol. The van der Waals surface area contributed by atoms with Gasteiger partial charge in [-0.2, -0.15) is 0 Å². The molecule has 1 atom stereocenters. The van der Waals surface area contributed by atoms with Crippen LogP contribution in [0.1, 0.15) is 32.6 Å². The smallest absolute Gasteiger partial charge is 0.241 e. The zero-order valence-corrected chi connectivity index (χ0v) is 13.5. The largest absolute Gasteiger partial charge is 0.325 e. The Morgan fingerprint density at radius 3 is 2.32 bits per heavy atom. The predicted octanol–water partition coefficient (Wildman–Crippen LogP) is 3.49. The van der Waals surface area contributed by atoms with Crippen LogP contribution in [-0.2, 0) is 4.79 Å². The molecule has 0 aliphatic carbocycles. The van der Waals surface area contributed by atoms with E-state index in [1.54, 1.807) is 0 Å². The van der Waals surface area contributed by atoms with Crippen molar-refractivity contribution in [3.8, 4) is 0 Å². The maximum absolute atomic E-state index is 12.3. The Balaban J connectivity index is 1.92. The van der Waals surface area contributed by atoms with E-state index in [0.717, 1.165) is 18.8 Å². The number of rotatable bonds is 3. The van der Waals surface area contributed by atoms with Gasteiger partial charge in [-0.15, -0.1) is 0 Å². The van der Waals surface area contributed by atoms with Crippen LogP contribution in [0.15, 0.2) is 24.3 Å². The molecule has 1 aromatic carbocycles. The van der Waals surface area contributed by atoms with Gasteiger partial charge in [-0.25, -0.2) is 0 Å². The molecule has 1 N–H and O–H groups in total. The van der Waals surface area contributed by atoms with Crippen LogP contribution < -0.4 is 5.32 Å². The molecule has 0 aromatic heterocycles. The molecule has 104 valence electrons. The lowest BCUT2D eigenvalue weighted by Gasteiger charge is -2.26. The maximum atomic E-state index is 12.3. The summed E-state index contributed by atoms with van der Waals surface area (Å²) in [7, 11) is 0. The minimum Gasteiger partial charge on any atom is -0.325 e. The molecular formula is C15H21IN2O. The number of nitrogens with zero attached hydrogens (tertiary/aromatic N) is 1. The molecule has 0 radical (unpaired) electrons. The van der Waals surface area contributed by atoms with Crippen LogP contribution in [-0.4, -0.2) is 29.9 Å². The van der Waals surface area contributed by atoms with E-state index >= 15 is 0 Å². The summed E-state index contributed by atoms with van der Waals surface area (Å²) in [6.07, 6.45) is 5.01. The van der Waals surface area contributed by atoms with Crippen LogP contribution in [0, 0.1) is 3.57 Å². The number of halogens is 1. The summed E-state index contributed by atoms with van der Waals surface area (Å²) in [5.74, 6) is 0.100.